The average molecular weight is 231 g/mol. The van der Waals surface area contributed by atoms with Crippen molar-refractivity contribution < 1.29 is 4.79 Å². The largest absolute Gasteiger partial charge is 0.348 e. The van der Waals surface area contributed by atoms with Gasteiger partial charge in [0, 0.05) is 25.6 Å². The van der Waals surface area contributed by atoms with Crippen LogP contribution in [-0.2, 0) is 13.6 Å². The molecule has 0 unspecified atom stereocenters. The Labute approximate surface area is 98.3 Å². The lowest BCUT2D eigenvalue weighted by molar-refractivity contribution is 0.0962. The van der Waals surface area contributed by atoms with Gasteiger partial charge in [-0.15, -0.1) is 0 Å². The first-order chi connectivity index (χ1) is 8.08. The van der Waals surface area contributed by atoms with E-state index in [4.69, 9.17) is 0 Å². The van der Waals surface area contributed by atoms with Gasteiger partial charge < -0.3 is 4.57 Å². The highest BCUT2D eigenvalue weighted by Gasteiger charge is 2.10. The third-order valence-electron chi connectivity index (χ3n) is 2.53. The van der Waals surface area contributed by atoms with E-state index in [1.807, 2.05) is 6.92 Å². The van der Waals surface area contributed by atoms with E-state index in [0.29, 0.717) is 5.69 Å². The quantitative estimate of drug-likeness (QED) is 0.733. The topological polar surface area (TPSA) is 56.9 Å². The minimum atomic E-state index is -0.404. The van der Waals surface area contributed by atoms with Crippen molar-refractivity contribution in [2.75, 3.05) is 0 Å². The summed E-state index contributed by atoms with van der Waals surface area (Å²) in [4.78, 5) is 27.1. The van der Waals surface area contributed by atoms with Gasteiger partial charge in [-0.05, 0) is 24.6 Å². The van der Waals surface area contributed by atoms with Crippen LogP contribution in [0.25, 0.3) is 0 Å². The Bertz CT molecular complexity index is 610. The number of hydrogen-bond donors (Lipinski definition) is 0. The second kappa shape index (κ2) is 4.37. The smallest absolute Gasteiger partial charge is 0.347 e. The zero-order chi connectivity index (χ0) is 12.4. The second-order valence-corrected chi connectivity index (χ2v) is 3.97. The molecule has 0 fully saturated rings. The predicted octanol–water partition coefficient (Wildman–Crippen LogP) is 0.773. The third-order valence-corrected chi connectivity index (χ3v) is 2.53. The summed E-state index contributed by atoms with van der Waals surface area (Å²) in [6.07, 6.45) is 4.92. The minimum absolute atomic E-state index is 0.0192. The summed E-state index contributed by atoms with van der Waals surface area (Å²) >= 11 is 0. The highest BCUT2D eigenvalue weighted by Crippen LogP contribution is 2.02. The first kappa shape index (κ1) is 11.3. The van der Waals surface area contributed by atoms with Gasteiger partial charge in [-0.3, -0.25) is 9.36 Å². The molecule has 17 heavy (non-hydrogen) atoms. The molecule has 0 saturated heterocycles. The normalized spacial score (nSPS) is 10.5. The Hall–Kier alpha value is -2.17. The van der Waals surface area contributed by atoms with Crippen LogP contribution < -0.4 is 5.69 Å². The van der Waals surface area contributed by atoms with Crippen LogP contribution in [0, 0.1) is 6.92 Å². The van der Waals surface area contributed by atoms with Crippen molar-refractivity contribution in [2.45, 2.75) is 13.5 Å². The van der Waals surface area contributed by atoms with Crippen molar-refractivity contribution in [1.29, 1.82) is 0 Å². The van der Waals surface area contributed by atoms with E-state index in [1.165, 1.54) is 10.8 Å². The lowest BCUT2D eigenvalue weighted by Gasteiger charge is -2.05. The van der Waals surface area contributed by atoms with E-state index in [0.717, 1.165) is 5.56 Å². The lowest BCUT2D eigenvalue weighted by Crippen LogP contribution is -2.26. The number of rotatable bonds is 3. The predicted molar refractivity (Wildman–Crippen MR) is 63.0 cm³/mol. The Morgan fingerprint density at radius 1 is 1.47 bits per heavy atom. The fourth-order valence-corrected chi connectivity index (χ4v) is 1.67. The number of carbonyl (C=O) groups is 1. The Morgan fingerprint density at radius 3 is 2.88 bits per heavy atom. The van der Waals surface area contributed by atoms with E-state index in [2.05, 4.69) is 4.98 Å². The van der Waals surface area contributed by atoms with Gasteiger partial charge in [0.25, 0.3) is 0 Å². The average Bonchev–Trinajstić information content (AvgIpc) is 2.70. The molecular weight excluding hydrogens is 218 g/mol. The molecule has 0 saturated carbocycles. The summed E-state index contributed by atoms with van der Waals surface area (Å²) in [5, 5.41) is 0. The number of aromatic nitrogens is 3. The molecule has 88 valence electrons. The van der Waals surface area contributed by atoms with Gasteiger partial charge in [0.2, 0.25) is 0 Å². The Balaban J connectivity index is 2.28. The van der Waals surface area contributed by atoms with Gasteiger partial charge in [0.05, 0.1) is 12.2 Å². The summed E-state index contributed by atoms with van der Waals surface area (Å²) in [6, 6.07) is 3.53. The highest BCUT2D eigenvalue weighted by atomic mass is 16.2. The fraction of sp³-hybridized carbons (Fsp3) is 0.250. The van der Waals surface area contributed by atoms with Gasteiger partial charge in [-0.2, -0.15) is 0 Å². The molecule has 2 rings (SSSR count). The van der Waals surface area contributed by atoms with Crippen LogP contribution >= 0.6 is 0 Å². The number of Topliss-reactive ketones (excluding diaryl/α,β-unsaturated/α-hetero) is 1. The van der Waals surface area contributed by atoms with Gasteiger partial charge in [0.1, 0.15) is 0 Å². The molecule has 0 amide bonds. The van der Waals surface area contributed by atoms with E-state index in [1.54, 1.807) is 36.1 Å². The molecule has 2 aromatic heterocycles. The molecule has 0 aliphatic heterocycles. The standard InChI is InChI=1S/C12H13N3O2/c1-9-6-13-12(17)15(7-9)8-11(16)10-4-3-5-14(10)2/h3-7H,8H2,1-2H3. The van der Waals surface area contributed by atoms with Crippen molar-refractivity contribution in [2.24, 2.45) is 7.05 Å². The Morgan fingerprint density at radius 2 is 2.24 bits per heavy atom. The summed E-state index contributed by atoms with van der Waals surface area (Å²) in [7, 11) is 1.80. The number of ketones is 1. The van der Waals surface area contributed by atoms with Gasteiger partial charge in [-0.1, -0.05) is 0 Å². The Kier molecular flexibility index (Phi) is 2.91. The zero-order valence-corrected chi connectivity index (χ0v) is 9.75. The van der Waals surface area contributed by atoms with E-state index in [-0.39, 0.29) is 12.3 Å². The van der Waals surface area contributed by atoms with E-state index in [9.17, 15) is 9.59 Å². The SMILES string of the molecule is Cc1cnc(=O)n(CC(=O)c2cccn2C)c1. The molecule has 2 heterocycles. The third kappa shape index (κ3) is 2.33. The summed E-state index contributed by atoms with van der Waals surface area (Å²) in [5.41, 5.74) is 1.03. The van der Waals surface area contributed by atoms with Gasteiger partial charge >= 0.3 is 5.69 Å². The van der Waals surface area contributed by atoms with Crippen LogP contribution in [0.3, 0.4) is 0 Å². The maximum absolute atomic E-state index is 12.0. The van der Waals surface area contributed by atoms with Crippen LogP contribution in [0.5, 0.6) is 0 Å². The number of nitrogens with zero attached hydrogens (tertiary/aromatic N) is 3. The minimum Gasteiger partial charge on any atom is -0.348 e. The zero-order valence-electron chi connectivity index (χ0n) is 9.75. The summed E-state index contributed by atoms with van der Waals surface area (Å²) < 4.78 is 3.06. The number of hydrogen-bond acceptors (Lipinski definition) is 3. The maximum atomic E-state index is 12.0. The lowest BCUT2D eigenvalue weighted by atomic mass is 10.3. The van der Waals surface area contributed by atoms with Crippen LogP contribution in [0.4, 0.5) is 0 Å². The van der Waals surface area contributed by atoms with Gasteiger partial charge in [0.15, 0.2) is 5.78 Å². The molecule has 5 nitrogen and oxygen atoms in total. The van der Waals surface area contributed by atoms with Crippen LogP contribution in [0.2, 0.25) is 0 Å². The fourth-order valence-electron chi connectivity index (χ4n) is 1.67. The maximum Gasteiger partial charge on any atom is 0.347 e. The first-order valence-electron chi connectivity index (χ1n) is 5.25. The molecule has 0 bridgehead atoms. The molecule has 0 aromatic carbocycles. The van der Waals surface area contributed by atoms with E-state index >= 15 is 0 Å². The van der Waals surface area contributed by atoms with Crippen molar-refractivity contribution in [1.82, 2.24) is 14.1 Å². The van der Waals surface area contributed by atoms with Crippen molar-refractivity contribution >= 4 is 5.78 Å². The molecule has 0 aliphatic rings. The highest BCUT2D eigenvalue weighted by molar-refractivity contribution is 5.94. The van der Waals surface area contributed by atoms with Crippen LogP contribution in [-0.4, -0.2) is 19.9 Å². The van der Waals surface area contributed by atoms with Gasteiger partial charge in [-0.25, -0.2) is 9.78 Å². The number of aryl methyl sites for hydroxylation is 2. The van der Waals surface area contributed by atoms with Crippen LogP contribution in [0.15, 0.2) is 35.5 Å². The molecule has 0 aliphatic carbocycles. The molecule has 0 spiro atoms. The number of carbonyl (C=O) groups excluding carboxylic acids is 1. The first-order valence-corrected chi connectivity index (χ1v) is 5.25. The molecule has 5 heteroatoms. The molecule has 0 atom stereocenters. The van der Waals surface area contributed by atoms with Crippen molar-refractivity contribution in [3.63, 3.8) is 0 Å². The summed E-state index contributed by atoms with van der Waals surface area (Å²) in [5.74, 6) is -0.105. The summed E-state index contributed by atoms with van der Waals surface area (Å²) in [6.45, 7) is 1.85. The monoisotopic (exact) mass is 231 g/mol. The van der Waals surface area contributed by atoms with Crippen molar-refractivity contribution in [3.05, 3.63) is 52.5 Å². The molecule has 0 radical (unpaired) electrons. The molecule has 2 aromatic rings. The molecule has 0 N–H and O–H groups in total. The second-order valence-electron chi connectivity index (χ2n) is 3.97. The van der Waals surface area contributed by atoms with E-state index < -0.39 is 5.69 Å². The molecular formula is C12H13N3O2. The van der Waals surface area contributed by atoms with Crippen LogP contribution in [0.1, 0.15) is 16.1 Å². The van der Waals surface area contributed by atoms with Crippen molar-refractivity contribution in [3.8, 4) is 0 Å².